The predicted octanol–water partition coefficient (Wildman–Crippen LogP) is 4.49. The molecule has 316 valence electrons. The van der Waals surface area contributed by atoms with Crippen LogP contribution in [-0.4, -0.2) is 148 Å². The highest BCUT2D eigenvalue weighted by Gasteiger charge is 2.31. The van der Waals surface area contributed by atoms with E-state index in [1.807, 2.05) is 6.07 Å². The fourth-order valence-corrected chi connectivity index (χ4v) is 6.52. The van der Waals surface area contributed by atoms with Crippen molar-refractivity contribution in [3.8, 4) is 5.75 Å². The van der Waals surface area contributed by atoms with Crippen LogP contribution in [0.25, 0.3) is 10.9 Å². The van der Waals surface area contributed by atoms with Crippen LogP contribution in [-0.2, 0) is 28.5 Å². The summed E-state index contributed by atoms with van der Waals surface area (Å²) in [4.78, 5) is 66.9. The van der Waals surface area contributed by atoms with Crippen LogP contribution >= 0.6 is 15.9 Å². The monoisotopic (exact) mass is 884 g/mol. The zero-order valence-corrected chi connectivity index (χ0v) is 33.7. The van der Waals surface area contributed by atoms with Crippen molar-refractivity contribution in [3.63, 3.8) is 0 Å². The van der Waals surface area contributed by atoms with E-state index in [1.54, 1.807) is 41.3 Å². The van der Waals surface area contributed by atoms with E-state index in [0.717, 1.165) is 0 Å². The smallest absolute Gasteiger partial charge is 0.299 e. The summed E-state index contributed by atoms with van der Waals surface area (Å²) in [5.74, 6) is -0.995. The molecular weight excluding hydrogens is 840 g/mol. The number of nitro benzene ring substituents is 2. The number of nitrogens with one attached hydrogen (secondary N) is 2. The number of fused-ring (bicyclic) bond motifs is 1. The highest BCUT2D eigenvalue weighted by Crippen LogP contribution is 2.35. The molecule has 0 bridgehead atoms. The van der Waals surface area contributed by atoms with E-state index >= 15 is 0 Å². The van der Waals surface area contributed by atoms with Crippen molar-refractivity contribution in [3.05, 3.63) is 103 Å². The molecule has 0 spiro atoms. The van der Waals surface area contributed by atoms with Crippen LogP contribution in [0, 0.1) is 20.2 Å². The molecule has 1 saturated heterocycles. The molecule has 4 aromatic rings. The fourth-order valence-electron chi connectivity index (χ4n) is 6.07. The maximum absolute atomic E-state index is 13.5. The van der Waals surface area contributed by atoms with Crippen LogP contribution in [0.5, 0.6) is 5.75 Å². The summed E-state index contributed by atoms with van der Waals surface area (Å²) < 4.78 is 34.2. The number of ketones is 1. The molecule has 1 aromatic heterocycles. The number of halogens is 1. The van der Waals surface area contributed by atoms with Crippen molar-refractivity contribution in [1.29, 1.82) is 0 Å². The lowest BCUT2D eigenvalue weighted by Crippen LogP contribution is -2.52. The molecule has 5 rings (SSSR count). The van der Waals surface area contributed by atoms with Gasteiger partial charge in [-0.3, -0.25) is 34.6 Å². The first-order valence-electron chi connectivity index (χ1n) is 18.8. The second-order valence-corrected chi connectivity index (χ2v) is 13.7. The van der Waals surface area contributed by atoms with Gasteiger partial charge in [-0.25, -0.2) is 0 Å². The molecule has 1 fully saturated rings. The van der Waals surface area contributed by atoms with E-state index in [-0.39, 0.29) is 74.6 Å². The summed E-state index contributed by atoms with van der Waals surface area (Å²) in [6.07, 6.45) is 1.51. The quantitative estimate of drug-likeness (QED) is 0.0308. The molecule has 2 N–H and O–H groups in total. The number of H-pyrrole nitrogens is 1. The highest BCUT2D eigenvalue weighted by atomic mass is 79.9. The fraction of sp³-hybridized carbons (Fsp3) is 0.410. The van der Waals surface area contributed by atoms with Gasteiger partial charge in [0, 0.05) is 61.1 Å². The molecule has 0 radical (unpaired) electrons. The number of aromatic nitrogens is 1. The summed E-state index contributed by atoms with van der Waals surface area (Å²) in [6.45, 7) is 4.49. The zero-order valence-electron chi connectivity index (χ0n) is 32.1. The van der Waals surface area contributed by atoms with Gasteiger partial charge in [-0.15, -0.1) is 0 Å². The van der Waals surface area contributed by atoms with Gasteiger partial charge >= 0.3 is 0 Å². The maximum atomic E-state index is 13.5. The Bertz CT molecular complexity index is 2010. The Morgan fingerprint density at radius 2 is 1.20 bits per heavy atom. The van der Waals surface area contributed by atoms with Gasteiger partial charge < -0.3 is 48.5 Å². The van der Waals surface area contributed by atoms with Crippen molar-refractivity contribution in [2.45, 2.75) is 0 Å². The molecule has 2 heterocycles. The Labute approximate surface area is 347 Å². The van der Waals surface area contributed by atoms with Gasteiger partial charge in [-0.2, -0.15) is 0 Å². The number of para-hydroxylation sites is 1. The normalized spacial score (nSPS) is 12.8. The van der Waals surface area contributed by atoms with Crippen LogP contribution in [0.4, 0.5) is 17.1 Å². The molecule has 2 amide bonds. The van der Waals surface area contributed by atoms with Gasteiger partial charge in [0.25, 0.3) is 29.0 Å². The lowest BCUT2D eigenvalue weighted by Gasteiger charge is -2.34. The molecule has 3 aromatic carbocycles. The number of rotatable bonds is 25. The summed E-state index contributed by atoms with van der Waals surface area (Å²) >= 11 is 3.50. The number of hydrogen-bond donors (Lipinski definition) is 2. The number of nitrogens with zero attached hydrogens (tertiary/aromatic N) is 4. The Kier molecular flexibility index (Phi) is 17.5. The largest absolute Gasteiger partial charge is 0.490 e. The number of hydrogen-bond acceptors (Lipinski definition) is 14. The van der Waals surface area contributed by atoms with Crippen LogP contribution in [0.1, 0.15) is 20.7 Å². The maximum Gasteiger partial charge on any atom is 0.299 e. The average molecular weight is 886 g/mol. The number of Topliss-reactive ketones (excluding diaryl/α,β-unsaturated/α-hetero) is 1. The van der Waals surface area contributed by atoms with Gasteiger partial charge in [0.15, 0.2) is 5.69 Å². The standard InChI is InChI=1S/C39H45BrN6O13/c40-30-9-10-33(34-29(27-42-35(30)34)37(47)39(49)44-14-12-43(13-15-44)38(48)28-5-2-1-3-6-28)59-26-25-58-24-23-57-22-21-56-20-19-55-18-17-54-16-11-41-36-31(45(50)51)7-4-8-32(36)46(52)53/h1-10,27,41-42H,11-26H2. The van der Waals surface area contributed by atoms with Gasteiger partial charge in [-0.05, 0) is 46.3 Å². The number of ether oxygens (including phenoxy) is 6. The number of aromatic amines is 1. The van der Waals surface area contributed by atoms with Gasteiger partial charge in [0.1, 0.15) is 12.4 Å². The first kappa shape index (κ1) is 44.6. The second-order valence-electron chi connectivity index (χ2n) is 12.8. The average Bonchev–Trinajstić information content (AvgIpc) is 3.71. The molecule has 19 nitrogen and oxygen atoms in total. The Balaban J connectivity index is 0.895. The second kappa shape index (κ2) is 23.2. The third-order valence-corrected chi connectivity index (χ3v) is 9.66. The number of carbonyl (C=O) groups is 3. The summed E-state index contributed by atoms with van der Waals surface area (Å²) in [5.41, 5.74) is 0.459. The minimum absolute atomic E-state index is 0.109. The van der Waals surface area contributed by atoms with Crippen molar-refractivity contribution < 1.29 is 52.7 Å². The molecule has 0 saturated carbocycles. The van der Waals surface area contributed by atoms with E-state index < -0.39 is 21.5 Å². The third kappa shape index (κ3) is 12.7. The van der Waals surface area contributed by atoms with E-state index in [2.05, 4.69) is 26.2 Å². The lowest BCUT2D eigenvalue weighted by atomic mass is 10.1. The van der Waals surface area contributed by atoms with E-state index in [4.69, 9.17) is 28.4 Å². The van der Waals surface area contributed by atoms with Crippen molar-refractivity contribution >= 4 is 61.5 Å². The molecule has 1 aliphatic heterocycles. The Morgan fingerprint density at radius 3 is 1.76 bits per heavy atom. The number of nitro groups is 2. The third-order valence-electron chi connectivity index (χ3n) is 9.00. The van der Waals surface area contributed by atoms with Gasteiger partial charge in [0.05, 0.1) is 92.4 Å². The molecule has 0 aliphatic carbocycles. The minimum atomic E-state index is -0.682. The van der Waals surface area contributed by atoms with E-state index in [0.29, 0.717) is 86.0 Å². The van der Waals surface area contributed by atoms with Gasteiger partial charge in [-0.1, -0.05) is 18.2 Å². The number of carbonyl (C=O) groups excluding carboxylic acids is 3. The van der Waals surface area contributed by atoms with E-state index in [1.165, 1.54) is 29.3 Å². The number of amides is 2. The lowest BCUT2D eigenvalue weighted by molar-refractivity contribution is -0.392. The van der Waals surface area contributed by atoms with Gasteiger partial charge in [0.2, 0.25) is 0 Å². The van der Waals surface area contributed by atoms with E-state index in [9.17, 15) is 34.6 Å². The number of anilines is 1. The SMILES string of the molecule is O=C(C(=O)N1CCN(C(=O)c2ccccc2)CC1)c1c[nH]c2c(Br)ccc(OCCOCCOCCOCCOCCOCCNc3c([N+](=O)[O-])cccc3[N+](=O)[O-])c12. The Morgan fingerprint density at radius 1 is 0.678 bits per heavy atom. The highest BCUT2D eigenvalue weighted by molar-refractivity contribution is 9.10. The summed E-state index contributed by atoms with van der Waals surface area (Å²) in [6, 6.07) is 16.1. The molecular formula is C39H45BrN6O13. The number of piperazine rings is 1. The van der Waals surface area contributed by atoms with Crippen LogP contribution < -0.4 is 10.1 Å². The predicted molar refractivity (Wildman–Crippen MR) is 217 cm³/mol. The number of benzene rings is 3. The van der Waals surface area contributed by atoms with Crippen LogP contribution in [0.15, 0.2) is 71.3 Å². The summed E-state index contributed by atoms with van der Waals surface area (Å²) in [7, 11) is 0. The van der Waals surface area contributed by atoms with Crippen molar-refractivity contribution in [1.82, 2.24) is 14.8 Å². The first-order valence-corrected chi connectivity index (χ1v) is 19.6. The zero-order chi connectivity index (χ0) is 42.0. The molecule has 59 heavy (non-hydrogen) atoms. The molecule has 0 unspecified atom stereocenters. The Hall–Kier alpha value is -5.51. The summed E-state index contributed by atoms with van der Waals surface area (Å²) in [5, 5.41) is 25.6. The topological polar surface area (TPSA) is 227 Å². The molecule has 0 atom stereocenters. The van der Waals surface area contributed by atoms with Crippen molar-refractivity contribution in [2.75, 3.05) is 111 Å². The van der Waals surface area contributed by atoms with Crippen LogP contribution in [0.3, 0.4) is 0 Å². The van der Waals surface area contributed by atoms with Crippen molar-refractivity contribution in [2.24, 2.45) is 0 Å². The first-order chi connectivity index (χ1) is 28.7. The van der Waals surface area contributed by atoms with Crippen LogP contribution in [0.2, 0.25) is 0 Å². The molecule has 1 aliphatic rings. The molecule has 20 heteroatoms. The minimum Gasteiger partial charge on any atom is -0.490 e.